The van der Waals surface area contributed by atoms with Crippen LogP contribution in [0, 0.1) is 11.3 Å². The predicted molar refractivity (Wildman–Crippen MR) is 53.5 cm³/mol. The normalized spacial score (nSPS) is 16.8. The molecule has 0 amide bonds. The molecule has 3 heteroatoms. The standard InChI is InChI=1S/C11H13N3/c12-6-10-5-11(8-13-7-10)9-14-3-1-2-4-14/h5,7-8H,1-4,9H2. The van der Waals surface area contributed by atoms with E-state index in [0.29, 0.717) is 5.56 Å². The van der Waals surface area contributed by atoms with Crippen molar-refractivity contribution in [3.05, 3.63) is 29.6 Å². The minimum Gasteiger partial charge on any atom is -0.299 e. The quantitative estimate of drug-likeness (QED) is 0.705. The third kappa shape index (κ3) is 2.09. The van der Waals surface area contributed by atoms with Gasteiger partial charge in [-0.25, -0.2) is 0 Å². The molecule has 0 aromatic carbocycles. The summed E-state index contributed by atoms with van der Waals surface area (Å²) in [6.07, 6.45) is 6.05. The number of pyridine rings is 1. The Morgan fingerprint density at radius 2 is 2.14 bits per heavy atom. The Labute approximate surface area is 84.0 Å². The van der Waals surface area contributed by atoms with Crippen LogP contribution in [0.1, 0.15) is 24.0 Å². The van der Waals surface area contributed by atoms with Gasteiger partial charge in [-0.15, -0.1) is 0 Å². The third-order valence-electron chi connectivity index (χ3n) is 2.53. The van der Waals surface area contributed by atoms with Crippen molar-refractivity contribution in [1.82, 2.24) is 9.88 Å². The van der Waals surface area contributed by atoms with Gasteiger partial charge in [0.15, 0.2) is 0 Å². The molecule has 2 heterocycles. The topological polar surface area (TPSA) is 39.9 Å². The molecule has 0 saturated carbocycles. The second kappa shape index (κ2) is 4.21. The van der Waals surface area contributed by atoms with Gasteiger partial charge in [-0.2, -0.15) is 5.26 Å². The summed E-state index contributed by atoms with van der Waals surface area (Å²) >= 11 is 0. The van der Waals surface area contributed by atoms with Crippen LogP contribution in [0.2, 0.25) is 0 Å². The summed E-state index contributed by atoms with van der Waals surface area (Å²) in [5.74, 6) is 0. The molecule has 1 aliphatic rings. The highest BCUT2D eigenvalue weighted by Crippen LogP contribution is 2.12. The zero-order chi connectivity index (χ0) is 9.80. The van der Waals surface area contributed by atoms with Gasteiger partial charge in [0.1, 0.15) is 6.07 Å². The highest BCUT2D eigenvalue weighted by molar-refractivity contribution is 5.28. The highest BCUT2D eigenvalue weighted by atomic mass is 15.1. The van der Waals surface area contributed by atoms with Crippen LogP contribution in [0.15, 0.2) is 18.5 Å². The molecule has 2 rings (SSSR count). The average molecular weight is 187 g/mol. The Bertz CT molecular complexity index is 348. The Balaban J connectivity index is 2.05. The van der Waals surface area contributed by atoms with Crippen LogP contribution >= 0.6 is 0 Å². The summed E-state index contributed by atoms with van der Waals surface area (Å²) in [4.78, 5) is 6.45. The van der Waals surface area contributed by atoms with Crippen LogP contribution < -0.4 is 0 Å². The molecule has 0 bridgehead atoms. The number of rotatable bonds is 2. The second-order valence-corrected chi connectivity index (χ2v) is 3.68. The maximum Gasteiger partial charge on any atom is 0.101 e. The van der Waals surface area contributed by atoms with Gasteiger partial charge in [-0.05, 0) is 37.6 Å². The lowest BCUT2D eigenvalue weighted by Crippen LogP contribution is -2.18. The Morgan fingerprint density at radius 1 is 1.36 bits per heavy atom. The number of nitrogens with zero attached hydrogens (tertiary/aromatic N) is 3. The van der Waals surface area contributed by atoms with E-state index in [1.165, 1.54) is 25.9 Å². The highest BCUT2D eigenvalue weighted by Gasteiger charge is 2.11. The molecule has 1 aromatic heterocycles. The van der Waals surface area contributed by atoms with Crippen molar-refractivity contribution in [3.8, 4) is 6.07 Å². The van der Waals surface area contributed by atoms with E-state index in [0.717, 1.165) is 12.1 Å². The number of hydrogen-bond acceptors (Lipinski definition) is 3. The smallest absolute Gasteiger partial charge is 0.101 e. The van der Waals surface area contributed by atoms with Crippen LogP contribution in [-0.2, 0) is 6.54 Å². The lowest BCUT2D eigenvalue weighted by Gasteiger charge is -2.13. The Morgan fingerprint density at radius 3 is 2.86 bits per heavy atom. The number of aromatic nitrogens is 1. The van der Waals surface area contributed by atoms with E-state index >= 15 is 0 Å². The summed E-state index contributed by atoms with van der Waals surface area (Å²) < 4.78 is 0. The number of likely N-dealkylation sites (tertiary alicyclic amines) is 1. The molecule has 0 aliphatic carbocycles. The average Bonchev–Trinajstić information content (AvgIpc) is 2.71. The van der Waals surface area contributed by atoms with E-state index in [4.69, 9.17) is 5.26 Å². The van der Waals surface area contributed by atoms with E-state index in [-0.39, 0.29) is 0 Å². The maximum absolute atomic E-state index is 8.72. The van der Waals surface area contributed by atoms with Crippen LogP contribution in [0.3, 0.4) is 0 Å². The van der Waals surface area contributed by atoms with Gasteiger partial charge in [-0.1, -0.05) is 0 Å². The minimum absolute atomic E-state index is 0.654. The van der Waals surface area contributed by atoms with Crippen LogP contribution in [0.5, 0.6) is 0 Å². The van der Waals surface area contributed by atoms with Gasteiger partial charge in [0.05, 0.1) is 5.56 Å². The fourth-order valence-corrected chi connectivity index (χ4v) is 1.83. The van der Waals surface area contributed by atoms with Crippen molar-refractivity contribution in [1.29, 1.82) is 5.26 Å². The molecule has 1 fully saturated rings. The van der Waals surface area contributed by atoms with Crippen LogP contribution in [0.4, 0.5) is 0 Å². The van der Waals surface area contributed by atoms with Gasteiger partial charge in [-0.3, -0.25) is 9.88 Å². The fourth-order valence-electron chi connectivity index (χ4n) is 1.83. The Kier molecular flexibility index (Phi) is 2.76. The van der Waals surface area contributed by atoms with Crippen molar-refractivity contribution in [2.75, 3.05) is 13.1 Å². The Hall–Kier alpha value is -1.40. The summed E-state index contributed by atoms with van der Waals surface area (Å²) in [6.45, 7) is 3.29. The lowest BCUT2D eigenvalue weighted by molar-refractivity contribution is 0.331. The summed E-state index contributed by atoms with van der Waals surface area (Å²) in [6, 6.07) is 4.03. The van der Waals surface area contributed by atoms with Crippen molar-refractivity contribution in [2.24, 2.45) is 0 Å². The van der Waals surface area contributed by atoms with Crippen LogP contribution in [0.25, 0.3) is 0 Å². The molecule has 0 spiro atoms. The van der Waals surface area contributed by atoms with Crippen molar-refractivity contribution in [3.63, 3.8) is 0 Å². The third-order valence-corrected chi connectivity index (χ3v) is 2.53. The number of nitriles is 1. The van der Waals surface area contributed by atoms with E-state index < -0.39 is 0 Å². The summed E-state index contributed by atoms with van der Waals surface area (Å²) in [5, 5.41) is 8.72. The minimum atomic E-state index is 0.654. The molecule has 14 heavy (non-hydrogen) atoms. The van der Waals surface area contributed by atoms with E-state index in [1.807, 2.05) is 12.3 Å². The van der Waals surface area contributed by atoms with Gasteiger partial charge in [0, 0.05) is 18.9 Å². The molecular formula is C11H13N3. The van der Waals surface area contributed by atoms with Gasteiger partial charge in [0.2, 0.25) is 0 Å². The lowest BCUT2D eigenvalue weighted by atomic mass is 10.2. The summed E-state index contributed by atoms with van der Waals surface area (Å²) in [5.41, 5.74) is 1.80. The second-order valence-electron chi connectivity index (χ2n) is 3.68. The van der Waals surface area contributed by atoms with E-state index in [9.17, 15) is 0 Å². The van der Waals surface area contributed by atoms with E-state index in [2.05, 4.69) is 16.0 Å². The van der Waals surface area contributed by atoms with Crippen molar-refractivity contribution in [2.45, 2.75) is 19.4 Å². The predicted octanol–water partition coefficient (Wildman–Crippen LogP) is 1.55. The molecule has 0 N–H and O–H groups in total. The fraction of sp³-hybridized carbons (Fsp3) is 0.455. The van der Waals surface area contributed by atoms with Crippen LogP contribution in [-0.4, -0.2) is 23.0 Å². The first kappa shape index (κ1) is 9.17. The van der Waals surface area contributed by atoms with Crippen molar-refractivity contribution < 1.29 is 0 Å². The van der Waals surface area contributed by atoms with E-state index in [1.54, 1.807) is 6.20 Å². The largest absolute Gasteiger partial charge is 0.299 e. The molecule has 3 nitrogen and oxygen atoms in total. The summed E-state index contributed by atoms with van der Waals surface area (Å²) in [7, 11) is 0. The maximum atomic E-state index is 8.72. The molecule has 1 saturated heterocycles. The number of hydrogen-bond donors (Lipinski definition) is 0. The molecule has 0 atom stereocenters. The monoisotopic (exact) mass is 187 g/mol. The van der Waals surface area contributed by atoms with Gasteiger partial charge in [0.25, 0.3) is 0 Å². The molecule has 0 unspecified atom stereocenters. The zero-order valence-corrected chi connectivity index (χ0v) is 8.11. The first-order chi connectivity index (χ1) is 6.88. The molecule has 1 aliphatic heterocycles. The molecular weight excluding hydrogens is 174 g/mol. The first-order valence-electron chi connectivity index (χ1n) is 4.95. The first-order valence-corrected chi connectivity index (χ1v) is 4.95. The SMILES string of the molecule is N#Cc1cncc(CN2CCCC2)c1. The molecule has 1 aromatic rings. The molecule has 0 radical (unpaired) electrons. The van der Waals surface area contributed by atoms with Gasteiger partial charge >= 0.3 is 0 Å². The molecule has 72 valence electrons. The zero-order valence-electron chi connectivity index (χ0n) is 8.11. The van der Waals surface area contributed by atoms with Gasteiger partial charge < -0.3 is 0 Å². The van der Waals surface area contributed by atoms with Crippen molar-refractivity contribution >= 4 is 0 Å².